The number of allylic oxidation sites excluding steroid dienone is 2. The molecular weight excluding hydrogens is 789 g/mol. The first-order valence-corrected chi connectivity index (χ1v) is 22.2. The van der Waals surface area contributed by atoms with Crippen LogP contribution in [-0.2, 0) is 36.9 Å². The van der Waals surface area contributed by atoms with Crippen LogP contribution in [0.5, 0.6) is 17.2 Å². The number of aliphatic hydroxyl groups is 1. The molecule has 0 aliphatic heterocycles. The summed E-state index contributed by atoms with van der Waals surface area (Å²) < 4.78 is 6.08. The van der Waals surface area contributed by atoms with Crippen LogP contribution in [0.3, 0.4) is 0 Å². The number of hydrogen-bond acceptors (Lipinski definition) is 9. The molecule has 5 aromatic rings. The Labute approximate surface area is 371 Å². The minimum atomic E-state index is -0.693. The Kier molecular flexibility index (Phi) is 17.3. The number of carbonyl (C=O) groups is 2. The summed E-state index contributed by atoms with van der Waals surface area (Å²) in [5.41, 5.74) is 20.5. The predicted molar refractivity (Wildman–Crippen MR) is 249 cm³/mol. The number of phenolic OH excluding ortho intramolecular Hbond substituents is 2. The van der Waals surface area contributed by atoms with E-state index in [-0.39, 0.29) is 42.7 Å². The highest BCUT2D eigenvalue weighted by Gasteiger charge is 2.27. The van der Waals surface area contributed by atoms with Crippen molar-refractivity contribution in [2.24, 2.45) is 17.4 Å². The number of nitrogens with one attached hydrogen (secondary N) is 2. The quantitative estimate of drug-likeness (QED) is 0.0158. The predicted octanol–water partition coefficient (Wildman–Crippen LogP) is 7.90. The number of fused-ring (bicyclic) bond motifs is 2. The number of Topliss-reactive ketones (excluding diaryl/α,β-unsaturated/α-hetero) is 1. The fraction of sp³-hybridized carbons (Fsp3) is 0.358. The number of rotatable bonds is 22. The summed E-state index contributed by atoms with van der Waals surface area (Å²) in [7, 11) is 1.99. The molecule has 4 aromatic carbocycles. The van der Waals surface area contributed by atoms with E-state index >= 15 is 0 Å². The number of phenols is 2. The molecule has 10 heteroatoms. The Balaban J connectivity index is 1.02. The summed E-state index contributed by atoms with van der Waals surface area (Å²) in [5.74, 6) is 6.95. The molecule has 1 aliphatic rings. The monoisotopic (exact) mass is 850 g/mol. The molecule has 0 amide bonds. The summed E-state index contributed by atoms with van der Waals surface area (Å²) in [6, 6.07) is 26.3. The molecule has 63 heavy (non-hydrogen) atoms. The van der Waals surface area contributed by atoms with Gasteiger partial charge in [-0.3, -0.25) is 9.59 Å². The molecule has 9 N–H and O–H groups in total. The second kappa shape index (κ2) is 23.5. The van der Waals surface area contributed by atoms with Gasteiger partial charge in [0.1, 0.15) is 5.75 Å². The Bertz CT molecular complexity index is 2410. The van der Waals surface area contributed by atoms with E-state index in [1.807, 2.05) is 55.6 Å². The number of ketones is 2. The largest absolute Gasteiger partial charge is 0.508 e. The highest BCUT2D eigenvalue weighted by molar-refractivity contribution is 5.98. The van der Waals surface area contributed by atoms with Crippen LogP contribution in [0.1, 0.15) is 118 Å². The smallest absolute Gasteiger partial charge is 0.165 e. The van der Waals surface area contributed by atoms with Crippen LogP contribution in [0.25, 0.3) is 0 Å². The molecule has 0 saturated carbocycles. The number of aliphatic hydroxyl groups excluding tert-OH is 1. The van der Waals surface area contributed by atoms with E-state index in [0.29, 0.717) is 66.0 Å². The van der Waals surface area contributed by atoms with Gasteiger partial charge in [-0.25, -0.2) is 0 Å². The topological polar surface area (TPSA) is 184 Å². The van der Waals surface area contributed by atoms with Gasteiger partial charge in [-0.05, 0) is 134 Å². The molecule has 0 fully saturated rings. The van der Waals surface area contributed by atoms with Crippen molar-refractivity contribution < 1.29 is 29.6 Å². The number of hydrogen-bond donors (Lipinski definition) is 7. The molecule has 0 spiro atoms. The van der Waals surface area contributed by atoms with E-state index in [0.717, 1.165) is 67.5 Å². The standard InChI is InChI=1S/C53H62N4O6/c1-56-28-24-36(14-18-39-9-5-6-10-40(39)26-30-58)8-3-2-4-12-43(59)20-15-37-17-23-50(61)52(33-37)63-31-27-38-16-22-49(60)47(32-38)46-35-51(62)45-25-29-57-48(45)13-7-11-41-34-42(53(54)55)19-21-44(41)46/h4-6,9-10,12,16-17,19,21-23,25,29,32-34,36,46,53,56-58,60-61H,2-3,8,13-15,18,20,24,26-28,30-31,35,54-55H2,1H3/b12-4+/t36-,46+/m1/s1. The van der Waals surface area contributed by atoms with Crippen molar-refractivity contribution in [3.05, 3.63) is 159 Å². The van der Waals surface area contributed by atoms with Crippen LogP contribution in [0, 0.1) is 17.8 Å². The van der Waals surface area contributed by atoms with Gasteiger partial charge in [-0.2, -0.15) is 0 Å². The Hall–Kier alpha value is -5.96. The average molecular weight is 851 g/mol. The second-order valence-electron chi connectivity index (χ2n) is 16.5. The van der Waals surface area contributed by atoms with Crippen molar-refractivity contribution in [3.63, 3.8) is 0 Å². The van der Waals surface area contributed by atoms with E-state index in [1.54, 1.807) is 36.5 Å². The van der Waals surface area contributed by atoms with Crippen molar-refractivity contribution in [1.29, 1.82) is 0 Å². The highest BCUT2D eigenvalue weighted by Crippen LogP contribution is 2.38. The van der Waals surface area contributed by atoms with Crippen LogP contribution < -0.4 is 21.5 Å². The second-order valence-corrected chi connectivity index (χ2v) is 16.5. The number of H-pyrrole nitrogens is 1. The normalized spacial score (nSPS) is 14.2. The van der Waals surface area contributed by atoms with E-state index < -0.39 is 12.1 Å². The molecule has 0 bridgehead atoms. The fourth-order valence-corrected chi connectivity index (χ4v) is 8.46. The number of nitrogens with two attached hydrogens (primary N) is 2. The Morgan fingerprint density at radius 3 is 2.46 bits per heavy atom. The molecular formula is C53H62N4O6. The van der Waals surface area contributed by atoms with Gasteiger partial charge in [-0.1, -0.05) is 78.9 Å². The van der Waals surface area contributed by atoms with Crippen LogP contribution in [-0.4, -0.2) is 58.7 Å². The number of benzene rings is 4. The number of unbranched alkanes of at least 4 members (excludes halogenated alkanes) is 1. The van der Waals surface area contributed by atoms with Crippen molar-refractivity contribution in [2.75, 3.05) is 26.8 Å². The summed E-state index contributed by atoms with van der Waals surface area (Å²) >= 11 is 0. The molecule has 6 rings (SSSR count). The van der Waals surface area contributed by atoms with Gasteiger partial charge in [0.25, 0.3) is 0 Å². The molecule has 0 unspecified atom stereocenters. The minimum Gasteiger partial charge on any atom is -0.508 e. The minimum absolute atomic E-state index is 0.0113. The number of aromatic amines is 1. The molecule has 0 radical (unpaired) electrons. The van der Waals surface area contributed by atoms with E-state index in [9.17, 15) is 24.9 Å². The summed E-state index contributed by atoms with van der Waals surface area (Å²) in [5, 5.41) is 34.6. The number of aryl methyl sites for hydroxylation is 2. The van der Waals surface area contributed by atoms with Crippen LogP contribution in [0.4, 0.5) is 0 Å². The Morgan fingerprint density at radius 1 is 0.905 bits per heavy atom. The summed E-state index contributed by atoms with van der Waals surface area (Å²) in [6.45, 7) is 1.38. The molecule has 0 saturated heterocycles. The number of ether oxygens (including phenoxy) is 1. The lowest BCUT2D eigenvalue weighted by molar-refractivity contribution is -0.114. The van der Waals surface area contributed by atoms with Crippen LogP contribution in [0.15, 0.2) is 103 Å². The first-order chi connectivity index (χ1) is 30.6. The zero-order valence-electron chi connectivity index (χ0n) is 36.4. The molecule has 1 aromatic heterocycles. The third kappa shape index (κ3) is 13.3. The molecule has 1 aliphatic carbocycles. The van der Waals surface area contributed by atoms with Gasteiger partial charge in [0, 0.05) is 60.4 Å². The summed E-state index contributed by atoms with van der Waals surface area (Å²) in [4.78, 5) is 29.7. The molecule has 10 nitrogen and oxygen atoms in total. The van der Waals surface area contributed by atoms with Gasteiger partial charge >= 0.3 is 0 Å². The van der Waals surface area contributed by atoms with E-state index in [4.69, 9.17) is 16.2 Å². The maximum atomic E-state index is 13.8. The van der Waals surface area contributed by atoms with Gasteiger partial charge in [-0.15, -0.1) is 0 Å². The lowest BCUT2D eigenvalue weighted by Crippen LogP contribution is -2.20. The van der Waals surface area contributed by atoms with Gasteiger partial charge in [0.05, 0.1) is 19.2 Å². The molecule has 2 atom stereocenters. The summed E-state index contributed by atoms with van der Waals surface area (Å²) in [6.07, 6.45) is 13.4. The molecule has 1 heterocycles. The van der Waals surface area contributed by atoms with Gasteiger partial charge in [0.2, 0.25) is 0 Å². The first kappa shape index (κ1) is 46.5. The third-order valence-corrected chi connectivity index (χ3v) is 12.1. The number of carbonyl (C=O) groups excluding carboxylic acids is 2. The Morgan fingerprint density at radius 2 is 1.68 bits per heavy atom. The van der Waals surface area contributed by atoms with Gasteiger partial charge in [0.15, 0.2) is 23.1 Å². The maximum absolute atomic E-state index is 13.8. The van der Waals surface area contributed by atoms with Crippen molar-refractivity contribution >= 4 is 11.6 Å². The zero-order valence-corrected chi connectivity index (χ0v) is 36.4. The third-order valence-electron chi connectivity index (χ3n) is 12.1. The average Bonchev–Trinajstić information content (AvgIpc) is 3.76. The zero-order chi connectivity index (χ0) is 44.6. The number of aromatic nitrogens is 1. The van der Waals surface area contributed by atoms with Crippen molar-refractivity contribution in [2.45, 2.75) is 89.1 Å². The lowest BCUT2D eigenvalue weighted by Gasteiger charge is -2.22. The first-order valence-electron chi connectivity index (χ1n) is 22.2. The van der Waals surface area contributed by atoms with Crippen LogP contribution in [0.2, 0.25) is 0 Å². The van der Waals surface area contributed by atoms with E-state index in [2.05, 4.69) is 40.3 Å². The van der Waals surface area contributed by atoms with E-state index in [1.165, 1.54) is 11.1 Å². The van der Waals surface area contributed by atoms with Crippen molar-refractivity contribution in [3.8, 4) is 29.1 Å². The van der Waals surface area contributed by atoms with Crippen molar-refractivity contribution in [1.82, 2.24) is 10.3 Å². The maximum Gasteiger partial charge on any atom is 0.165 e. The lowest BCUT2D eigenvalue weighted by atomic mass is 9.81. The SMILES string of the molecule is CNCC[C@H](CCC/C=C/C(=O)CCc1ccc(O)c(OCCc2ccc(O)c([C@H]3CC(=O)c4cc[nH]c4CC#Cc4cc(C(N)N)ccc43)c2)c1)CCc1ccccc1CCO. The fourth-order valence-electron chi connectivity index (χ4n) is 8.46. The highest BCUT2D eigenvalue weighted by atomic mass is 16.5. The van der Waals surface area contributed by atoms with Gasteiger partial charge < -0.3 is 41.8 Å². The van der Waals surface area contributed by atoms with Crippen LogP contribution >= 0.6 is 0 Å². The number of aromatic hydroxyl groups is 2. The molecule has 330 valence electrons.